The van der Waals surface area contributed by atoms with Crippen molar-refractivity contribution in [2.75, 3.05) is 19.5 Å². The van der Waals surface area contributed by atoms with E-state index in [0.29, 0.717) is 17.9 Å². The number of aliphatic hydroxyl groups is 1. The number of aryl methyl sites for hydroxylation is 2. The van der Waals surface area contributed by atoms with Crippen LogP contribution in [-0.4, -0.2) is 30.3 Å². The fraction of sp³-hybridized carbons (Fsp3) is 0.304. The van der Waals surface area contributed by atoms with Crippen molar-refractivity contribution in [2.24, 2.45) is 0 Å². The van der Waals surface area contributed by atoms with Gasteiger partial charge in [-0.15, -0.1) is 0 Å². The number of halogens is 2. The van der Waals surface area contributed by atoms with Gasteiger partial charge in [-0.1, -0.05) is 17.7 Å². The SMILES string of the molecule is COC1=CN(Cc2ccc(F)c(Cl)c2)C(Nc2cc(C)c(OC)cc2C)=C(C)C1O. The van der Waals surface area contributed by atoms with E-state index in [0.717, 1.165) is 33.9 Å². The van der Waals surface area contributed by atoms with Crippen LogP contribution in [0.25, 0.3) is 0 Å². The maximum absolute atomic E-state index is 13.6. The molecule has 2 aromatic carbocycles. The smallest absolute Gasteiger partial charge is 0.145 e. The van der Waals surface area contributed by atoms with Crippen LogP contribution in [0.15, 0.2) is 53.7 Å². The lowest BCUT2D eigenvalue weighted by atomic mass is 10.0. The van der Waals surface area contributed by atoms with E-state index in [1.807, 2.05) is 37.8 Å². The molecule has 0 radical (unpaired) electrons. The predicted molar refractivity (Wildman–Crippen MR) is 117 cm³/mol. The Labute approximate surface area is 181 Å². The van der Waals surface area contributed by atoms with Crippen LogP contribution in [-0.2, 0) is 11.3 Å². The van der Waals surface area contributed by atoms with Gasteiger partial charge in [-0.05, 0) is 61.7 Å². The summed E-state index contributed by atoms with van der Waals surface area (Å²) in [6.07, 6.45) is 0.869. The van der Waals surface area contributed by atoms with E-state index < -0.39 is 11.9 Å². The summed E-state index contributed by atoms with van der Waals surface area (Å²) in [6.45, 7) is 6.21. The molecule has 2 N–H and O–H groups in total. The van der Waals surface area contributed by atoms with Gasteiger partial charge in [0.15, 0.2) is 0 Å². The summed E-state index contributed by atoms with van der Waals surface area (Å²) in [5.74, 6) is 1.49. The Hall–Kier alpha value is -2.70. The maximum atomic E-state index is 13.6. The third kappa shape index (κ3) is 4.40. The van der Waals surface area contributed by atoms with Crippen LogP contribution >= 0.6 is 11.6 Å². The second-order valence-electron chi connectivity index (χ2n) is 7.31. The number of benzene rings is 2. The summed E-state index contributed by atoms with van der Waals surface area (Å²) >= 11 is 5.96. The highest BCUT2D eigenvalue weighted by atomic mass is 35.5. The van der Waals surface area contributed by atoms with Gasteiger partial charge in [0.25, 0.3) is 0 Å². The molecule has 1 atom stereocenters. The molecule has 0 amide bonds. The van der Waals surface area contributed by atoms with E-state index in [4.69, 9.17) is 21.1 Å². The lowest BCUT2D eigenvalue weighted by Crippen LogP contribution is -2.33. The first-order chi connectivity index (χ1) is 14.2. The molecule has 2 aromatic rings. The summed E-state index contributed by atoms with van der Waals surface area (Å²) in [4.78, 5) is 1.92. The highest BCUT2D eigenvalue weighted by Crippen LogP contribution is 2.32. The first-order valence-electron chi connectivity index (χ1n) is 9.52. The first-order valence-corrected chi connectivity index (χ1v) is 9.90. The van der Waals surface area contributed by atoms with Gasteiger partial charge >= 0.3 is 0 Å². The van der Waals surface area contributed by atoms with E-state index in [1.165, 1.54) is 13.2 Å². The molecule has 7 heteroatoms. The van der Waals surface area contributed by atoms with Crippen LogP contribution < -0.4 is 10.1 Å². The van der Waals surface area contributed by atoms with Crippen molar-refractivity contribution in [1.29, 1.82) is 0 Å². The minimum absolute atomic E-state index is 0.0670. The molecule has 1 unspecified atom stereocenters. The molecule has 160 valence electrons. The van der Waals surface area contributed by atoms with Gasteiger partial charge in [0.2, 0.25) is 0 Å². The number of anilines is 1. The number of rotatable bonds is 6. The number of hydrogen-bond donors (Lipinski definition) is 2. The van der Waals surface area contributed by atoms with E-state index >= 15 is 0 Å². The Kier molecular flexibility index (Phi) is 6.58. The Bertz CT molecular complexity index is 1020. The fourth-order valence-corrected chi connectivity index (χ4v) is 3.63. The molecule has 0 aliphatic carbocycles. The number of nitrogens with zero attached hydrogens (tertiary/aromatic N) is 1. The van der Waals surface area contributed by atoms with Crippen LogP contribution in [0.3, 0.4) is 0 Å². The van der Waals surface area contributed by atoms with Crippen LogP contribution in [0.5, 0.6) is 5.75 Å². The molecule has 30 heavy (non-hydrogen) atoms. The third-order valence-electron chi connectivity index (χ3n) is 5.19. The molecule has 0 fully saturated rings. The van der Waals surface area contributed by atoms with Gasteiger partial charge in [-0.25, -0.2) is 4.39 Å². The van der Waals surface area contributed by atoms with E-state index in [-0.39, 0.29) is 5.02 Å². The van der Waals surface area contributed by atoms with Crippen molar-refractivity contribution in [1.82, 2.24) is 4.90 Å². The zero-order valence-electron chi connectivity index (χ0n) is 17.7. The summed E-state index contributed by atoms with van der Waals surface area (Å²) in [5, 5.41) is 14.2. The average Bonchev–Trinajstić information content (AvgIpc) is 2.72. The molecule has 1 heterocycles. The van der Waals surface area contributed by atoms with Crippen molar-refractivity contribution in [3.8, 4) is 5.75 Å². The molecule has 0 bridgehead atoms. The van der Waals surface area contributed by atoms with Gasteiger partial charge < -0.3 is 24.8 Å². The Morgan fingerprint density at radius 2 is 1.83 bits per heavy atom. The summed E-state index contributed by atoms with van der Waals surface area (Å²) in [6, 6.07) is 8.59. The number of ether oxygens (including phenoxy) is 2. The van der Waals surface area contributed by atoms with Crippen molar-refractivity contribution < 1.29 is 19.0 Å². The summed E-state index contributed by atoms with van der Waals surface area (Å²) in [5.41, 5.74) is 4.41. The molecular formula is C23H26ClFN2O3. The van der Waals surface area contributed by atoms with Gasteiger partial charge in [0.05, 0.1) is 19.2 Å². The zero-order valence-corrected chi connectivity index (χ0v) is 18.5. The van der Waals surface area contributed by atoms with Gasteiger partial charge in [0.1, 0.15) is 29.3 Å². The summed E-state index contributed by atoms with van der Waals surface area (Å²) < 4.78 is 24.3. The second kappa shape index (κ2) is 8.98. The van der Waals surface area contributed by atoms with Crippen molar-refractivity contribution in [3.05, 3.63) is 81.2 Å². The summed E-state index contributed by atoms with van der Waals surface area (Å²) in [7, 11) is 3.16. The fourth-order valence-electron chi connectivity index (χ4n) is 3.42. The van der Waals surface area contributed by atoms with E-state index in [2.05, 4.69) is 5.32 Å². The maximum Gasteiger partial charge on any atom is 0.145 e. The molecule has 0 spiro atoms. The van der Waals surface area contributed by atoms with Gasteiger partial charge in [-0.2, -0.15) is 0 Å². The first kappa shape index (κ1) is 22.0. The lowest BCUT2D eigenvalue weighted by molar-refractivity contribution is 0.137. The number of methoxy groups -OCH3 is 2. The minimum atomic E-state index is -0.870. The molecule has 1 aliphatic heterocycles. The Morgan fingerprint density at radius 1 is 1.10 bits per heavy atom. The van der Waals surface area contributed by atoms with E-state index in [9.17, 15) is 9.50 Å². The molecule has 0 saturated carbocycles. The predicted octanol–water partition coefficient (Wildman–Crippen LogP) is 5.11. The third-order valence-corrected chi connectivity index (χ3v) is 5.48. The minimum Gasteiger partial charge on any atom is -0.496 e. The van der Waals surface area contributed by atoms with E-state index in [1.54, 1.807) is 25.4 Å². The van der Waals surface area contributed by atoms with Crippen molar-refractivity contribution in [2.45, 2.75) is 33.4 Å². The largest absolute Gasteiger partial charge is 0.496 e. The normalized spacial score (nSPS) is 16.5. The Balaban J connectivity index is 1.99. The van der Waals surface area contributed by atoms with Gasteiger partial charge in [0, 0.05) is 24.0 Å². The number of aliphatic hydroxyl groups excluding tert-OH is 1. The van der Waals surface area contributed by atoms with Crippen LogP contribution in [0.4, 0.5) is 10.1 Å². The lowest BCUT2D eigenvalue weighted by Gasteiger charge is -2.34. The van der Waals surface area contributed by atoms with Crippen LogP contribution in [0.2, 0.25) is 5.02 Å². The molecule has 3 rings (SSSR count). The zero-order chi connectivity index (χ0) is 22.0. The number of nitrogens with one attached hydrogen (secondary N) is 1. The molecule has 0 aromatic heterocycles. The molecule has 5 nitrogen and oxygen atoms in total. The Morgan fingerprint density at radius 3 is 2.47 bits per heavy atom. The van der Waals surface area contributed by atoms with Crippen molar-refractivity contribution >= 4 is 17.3 Å². The highest BCUT2D eigenvalue weighted by molar-refractivity contribution is 6.30. The quantitative estimate of drug-likeness (QED) is 0.664. The topological polar surface area (TPSA) is 54.0 Å². The molecular weight excluding hydrogens is 407 g/mol. The standard InChI is InChI=1S/C23H26ClFN2O3/c1-13-9-20(29-4)14(2)8-19(13)26-23-15(3)22(28)21(30-5)12-27(23)11-16-6-7-18(25)17(24)10-16/h6-10,12,22,26,28H,11H2,1-5H3. The average molecular weight is 433 g/mol. The van der Waals surface area contributed by atoms with Crippen molar-refractivity contribution in [3.63, 3.8) is 0 Å². The molecule has 0 saturated heterocycles. The molecule has 1 aliphatic rings. The number of hydrogen-bond acceptors (Lipinski definition) is 5. The van der Waals surface area contributed by atoms with Crippen LogP contribution in [0.1, 0.15) is 23.6 Å². The van der Waals surface area contributed by atoms with Gasteiger partial charge in [-0.3, -0.25) is 0 Å². The van der Waals surface area contributed by atoms with Crippen LogP contribution in [0, 0.1) is 19.7 Å². The monoisotopic (exact) mass is 432 g/mol. The highest BCUT2D eigenvalue weighted by Gasteiger charge is 2.27. The second-order valence-corrected chi connectivity index (χ2v) is 7.72.